The minimum atomic E-state index is -0.276. The number of hydrogen-bond acceptors (Lipinski definition) is 4. The predicted molar refractivity (Wildman–Crippen MR) is 96.3 cm³/mol. The molecule has 1 saturated heterocycles. The maximum absolute atomic E-state index is 12.0. The molecule has 1 aliphatic rings. The van der Waals surface area contributed by atoms with Gasteiger partial charge in [-0.1, -0.05) is 19.1 Å². The Morgan fingerprint density at radius 2 is 1.96 bits per heavy atom. The molecule has 0 spiro atoms. The van der Waals surface area contributed by atoms with E-state index >= 15 is 0 Å². The van der Waals surface area contributed by atoms with E-state index in [9.17, 15) is 9.90 Å². The molecule has 1 N–H and O–H groups in total. The summed E-state index contributed by atoms with van der Waals surface area (Å²) in [6, 6.07) is 5.78. The van der Waals surface area contributed by atoms with Crippen molar-refractivity contribution < 1.29 is 9.52 Å². The fourth-order valence-electron chi connectivity index (χ4n) is 3.71. The predicted octanol–water partition coefficient (Wildman–Crippen LogP) is 3.39. The summed E-state index contributed by atoms with van der Waals surface area (Å²) in [7, 11) is 0. The molecule has 1 aromatic carbocycles. The van der Waals surface area contributed by atoms with E-state index in [1.165, 1.54) is 0 Å². The second-order valence-electron chi connectivity index (χ2n) is 7.26. The summed E-state index contributed by atoms with van der Waals surface area (Å²) in [5.74, 6) is 0. The van der Waals surface area contributed by atoms with Gasteiger partial charge in [0, 0.05) is 24.6 Å². The first-order valence-electron chi connectivity index (χ1n) is 8.84. The van der Waals surface area contributed by atoms with Gasteiger partial charge in [0.05, 0.1) is 0 Å². The highest BCUT2D eigenvalue weighted by Gasteiger charge is 2.32. The number of rotatable bonds is 4. The van der Waals surface area contributed by atoms with Crippen LogP contribution in [0.25, 0.3) is 11.0 Å². The van der Waals surface area contributed by atoms with E-state index in [4.69, 9.17) is 4.42 Å². The SMILES string of the molecule is CCC1(CO)CCN(Cc2cc(=O)oc3c(C)c(C)ccc23)CC1. The highest BCUT2D eigenvalue weighted by Crippen LogP contribution is 2.35. The molecule has 1 aromatic heterocycles. The van der Waals surface area contributed by atoms with Gasteiger partial charge in [0.15, 0.2) is 0 Å². The van der Waals surface area contributed by atoms with Crippen LogP contribution in [0.2, 0.25) is 0 Å². The zero-order chi connectivity index (χ0) is 17.3. The van der Waals surface area contributed by atoms with Gasteiger partial charge >= 0.3 is 5.63 Å². The molecule has 3 rings (SSSR count). The lowest BCUT2D eigenvalue weighted by Crippen LogP contribution is -2.41. The monoisotopic (exact) mass is 329 g/mol. The zero-order valence-electron chi connectivity index (χ0n) is 14.9. The molecule has 130 valence electrons. The third kappa shape index (κ3) is 3.13. The van der Waals surface area contributed by atoms with E-state index in [0.717, 1.165) is 61.0 Å². The number of aliphatic hydroxyl groups is 1. The maximum Gasteiger partial charge on any atom is 0.336 e. The first-order valence-corrected chi connectivity index (χ1v) is 8.84. The van der Waals surface area contributed by atoms with Crippen LogP contribution in [0, 0.1) is 19.3 Å². The van der Waals surface area contributed by atoms with Gasteiger partial charge in [-0.2, -0.15) is 0 Å². The van der Waals surface area contributed by atoms with Crippen LogP contribution in [0.4, 0.5) is 0 Å². The Kier molecular flexibility index (Phi) is 4.79. The first-order chi connectivity index (χ1) is 11.5. The van der Waals surface area contributed by atoms with Crippen molar-refractivity contribution in [2.75, 3.05) is 19.7 Å². The molecule has 24 heavy (non-hydrogen) atoms. The number of hydrogen-bond donors (Lipinski definition) is 1. The number of benzene rings is 1. The molecule has 1 aliphatic heterocycles. The Morgan fingerprint density at radius 1 is 1.25 bits per heavy atom. The summed E-state index contributed by atoms with van der Waals surface area (Å²) >= 11 is 0. The van der Waals surface area contributed by atoms with Gasteiger partial charge in [-0.3, -0.25) is 4.90 Å². The fraction of sp³-hybridized carbons (Fsp3) is 0.550. The lowest BCUT2D eigenvalue weighted by Gasteiger charge is -2.40. The van der Waals surface area contributed by atoms with Crippen molar-refractivity contribution in [3.8, 4) is 0 Å². The van der Waals surface area contributed by atoms with E-state index in [0.29, 0.717) is 5.58 Å². The van der Waals surface area contributed by atoms with E-state index in [1.807, 2.05) is 13.8 Å². The van der Waals surface area contributed by atoms with Gasteiger partial charge in [0.2, 0.25) is 0 Å². The van der Waals surface area contributed by atoms with Crippen LogP contribution < -0.4 is 5.63 Å². The molecule has 0 aliphatic carbocycles. The maximum atomic E-state index is 12.0. The van der Waals surface area contributed by atoms with Crippen molar-refractivity contribution in [1.29, 1.82) is 0 Å². The summed E-state index contributed by atoms with van der Waals surface area (Å²) in [5, 5.41) is 10.7. The summed E-state index contributed by atoms with van der Waals surface area (Å²) < 4.78 is 5.46. The van der Waals surface area contributed by atoms with E-state index in [-0.39, 0.29) is 17.6 Å². The second-order valence-corrected chi connectivity index (χ2v) is 7.26. The van der Waals surface area contributed by atoms with Crippen molar-refractivity contribution >= 4 is 11.0 Å². The number of likely N-dealkylation sites (tertiary alicyclic amines) is 1. The van der Waals surface area contributed by atoms with Crippen LogP contribution in [0.1, 0.15) is 42.9 Å². The van der Waals surface area contributed by atoms with Gasteiger partial charge in [0.25, 0.3) is 0 Å². The highest BCUT2D eigenvalue weighted by atomic mass is 16.4. The number of aryl methyl sites for hydroxylation is 2. The first kappa shape index (κ1) is 17.2. The minimum Gasteiger partial charge on any atom is -0.422 e. The number of nitrogens with zero attached hydrogens (tertiary/aromatic N) is 1. The van der Waals surface area contributed by atoms with Crippen molar-refractivity contribution in [2.45, 2.75) is 46.6 Å². The highest BCUT2D eigenvalue weighted by molar-refractivity contribution is 5.83. The Morgan fingerprint density at radius 3 is 2.58 bits per heavy atom. The molecule has 0 unspecified atom stereocenters. The van der Waals surface area contributed by atoms with Crippen molar-refractivity contribution in [1.82, 2.24) is 4.90 Å². The van der Waals surface area contributed by atoms with Crippen LogP contribution in [0.5, 0.6) is 0 Å². The van der Waals surface area contributed by atoms with Gasteiger partial charge in [-0.15, -0.1) is 0 Å². The molecule has 0 radical (unpaired) electrons. The summed E-state index contributed by atoms with van der Waals surface area (Å²) in [6.45, 7) is 9.14. The normalized spacial score (nSPS) is 18.2. The molecule has 0 atom stereocenters. The number of aliphatic hydroxyl groups excluding tert-OH is 1. The fourth-order valence-corrected chi connectivity index (χ4v) is 3.71. The van der Waals surface area contributed by atoms with Crippen LogP contribution in [0.15, 0.2) is 27.4 Å². The van der Waals surface area contributed by atoms with Crippen molar-refractivity contribution in [2.24, 2.45) is 5.41 Å². The second kappa shape index (κ2) is 6.69. The summed E-state index contributed by atoms with van der Waals surface area (Å²) in [4.78, 5) is 14.4. The molecular formula is C20H27NO3. The number of piperidine rings is 1. The largest absolute Gasteiger partial charge is 0.422 e. The molecule has 0 amide bonds. The average molecular weight is 329 g/mol. The van der Waals surface area contributed by atoms with E-state index in [2.05, 4.69) is 24.0 Å². The van der Waals surface area contributed by atoms with Gasteiger partial charge < -0.3 is 9.52 Å². The Balaban J connectivity index is 1.86. The van der Waals surface area contributed by atoms with Crippen LogP contribution in [-0.4, -0.2) is 29.7 Å². The van der Waals surface area contributed by atoms with Crippen molar-refractivity contribution in [3.05, 3.63) is 45.3 Å². The topological polar surface area (TPSA) is 53.7 Å². The summed E-state index contributed by atoms with van der Waals surface area (Å²) in [5.41, 5.74) is 3.74. The van der Waals surface area contributed by atoms with Crippen molar-refractivity contribution in [3.63, 3.8) is 0 Å². The zero-order valence-corrected chi connectivity index (χ0v) is 14.9. The molecule has 2 heterocycles. The van der Waals surface area contributed by atoms with Crippen LogP contribution in [-0.2, 0) is 6.54 Å². The van der Waals surface area contributed by atoms with Crippen LogP contribution in [0.3, 0.4) is 0 Å². The standard InChI is InChI=1S/C20H27NO3/c1-4-20(13-22)7-9-21(10-8-20)12-16-11-18(23)24-19-15(3)14(2)5-6-17(16)19/h5-6,11,22H,4,7-10,12-13H2,1-3H3. The van der Waals surface area contributed by atoms with E-state index < -0.39 is 0 Å². The third-order valence-corrected chi connectivity index (χ3v) is 5.91. The Bertz CT molecular complexity index is 779. The molecule has 0 bridgehead atoms. The average Bonchev–Trinajstić information content (AvgIpc) is 2.59. The lowest BCUT2D eigenvalue weighted by atomic mass is 9.77. The quantitative estimate of drug-likeness (QED) is 0.874. The molecular weight excluding hydrogens is 302 g/mol. The molecule has 1 fully saturated rings. The van der Waals surface area contributed by atoms with Gasteiger partial charge in [-0.25, -0.2) is 4.79 Å². The molecule has 2 aromatic rings. The Hall–Kier alpha value is -1.65. The Labute approximate surface area is 143 Å². The third-order valence-electron chi connectivity index (χ3n) is 5.91. The van der Waals surface area contributed by atoms with Gasteiger partial charge in [-0.05, 0) is 68.3 Å². The molecule has 4 heteroatoms. The molecule has 0 saturated carbocycles. The van der Waals surface area contributed by atoms with Crippen LogP contribution >= 0.6 is 0 Å². The minimum absolute atomic E-state index is 0.0853. The molecule has 4 nitrogen and oxygen atoms in total. The number of fused-ring (bicyclic) bond motifs is 1. The smallest absolute Gasteiger partial charge is 0.336 e. The summed E-state index contributed by atoms with van der Waals surface area (Å²) in [6.07, 6.45) is 3.04. The van der Waals surface area contributed by atoms with E-state index in [1.54, 1.807) is 6.07 Å². The van der Waals surface area contributed by atoms with Gasteiger partial charge in [0.1, 0.15) is 5.58 Å². The lowest BCUT2D eigenvalue weighted by molar-refractivity contribution is 0.0383.